The van der Waals surface area contributed by atoms with E-state index in [0.29, 0.717) is 53.8 Å². The minimum absolute atomic E-state index is 0.225. The van der Waals surface area contributed by atoms with Crippen LogP contribution in [0.15, 0.2) is 41.1 Å². The molecule has 204 valence electrons. The number of nitrogen functional groups attached to an aromatic ring is 1. The lowest BCUT2D eigenvalue weighted by atomic mass is 9.89. The molecular formula is C29H31N3O7. The highest BCUT2D eigenvalue weighted by atomic mass is 16.5. The van der Waals surface area contributed by atoms with Crippen molar-refractivity contribution in [3.05, 3.63) is 58.9 Å². The quantitative estimate of drug-likeness (QED) is 0.240. The Morgan fingerprint density at radius 1 is 0.974 bits per heavy atom. The molecule has 10 heteroatoms. The summed E-state index contributed by atoms with van der Waals surface area (Å²) in [6.45, 7) is 2.54. The summed E-state index contributed by atoms with van der Waals surface area (Å²) >= 11 is 0. The molecule has 39 heavy (non-hydrogen) atoms. The number of benzene rings is 2. The fraction of sp³-hybridized carbons (Fsp3) is 0.310. The van der Waals surface area contributed by atoms with E-state index in [0.717, 1.165) is 33.5 Å². The van der Waals surface area contributed by atoms with Gasteiger partial charge < -0.3 is 38.5 Å². The van der Waals surface area contributed by atoms with Crippen LogP contribution in [0.2, 0.25) is 0 Å². The van der Waals surface area contributed by atoms with Crippen LogP contribution < -0.4 is 24.7 Å². The fourth-order valence-corrected chi connectivity index (χ4v) is 5.17. The summed E-state index contributed by atoms with van der Waals surface area (Å²) < 4.78 is 35.2. The smallest absolute Gasteiger partial charge is 0.360 e. The topological polar surface area (TPSA) is 120 Å². The Balaban J connectivity index is 1.69. The molecule has 1 aliphatic rings. The summed E-state index contributed by atoms with van der Waals surface area (Å²) in [5.74, 6) is 2.30. The summed E-state index contributed by atoms with van der Waals surface area (Å²) in [6.07, 6.45) is 3.27. The van der Waals surface area contributed by atoms with Gasteiger partial charge in [-0.3, -0.25) is 0 Å². The van der Waals surface area contributed by atoms with E-state index in [1.807, 2.05) is 36.5 Å². The van der Waals surface area contributed by atoms with Gasteiger partial charge in [-0.15, -0.1) is 0 Å². The molecule has 0 saturated carbocycles. The number of anilines is 1. The molecule has 5 rings (SSSR count). The number of carbonyl (C=O) groups excluding carboxylic acids is 1. The maximum absolute atomic E-state index is 12.5. The van der Waals surface area contributed by atoms with Crippen LogP contribution >= 0.6 is 0 Å². The van der Waals surface area contributed by atoms with Crippen molar-refractivity contribution in [2.75, 3.05) is 40.8 Å². The molecule has 2 aromatic carbocycles. The predicted molar refractivity (Wildman–Crippen MR) is 145 cm³/mol. The first-order valence-electron chi connectivity index (χ1n) is 12.5. The second kappa shape index (κ2) is 10.6. The van der Waals surface area contributed by atoms with Crippen molar-refractivity contribution in [3.63, 3.8) is 0 Å². The van der Waals surface area contributed by atoms with Crippen molar-refractivity contribution in [2.45, 2.75) is 26.3 Å². The molecule has 0 unspecified atom stereocenters. The van der Waals surface area contributed by atoms with Gasteiger partial charge in [0.2, 0.25) is 5.75 Å². The van der Waals surface area contributed by atoms with Gasteiger partial charge in [-0.25, -0.2) is 4.79 Å². The van der Waals surface area contributed by atoms with Crippen LogP contribution in [0, 0.1) is 0 Å². The number of nitrogens with two attached hydrogens (primary N) is 1. The number of carbonyl (C=O) groups is 1. The average molecular weight is 534 g/mol. The second-order valence-electron chi connectivity index (χ2n) is 9.05. The lowest BCUT2D eigenvalue weighted by Crippen LogP contribution is -2.10. The second-order valence-corrected chi connectivity index (χ2v) is 9.05. The number of esters is 1. The molecule has 1 aliphatic carbocycles. The molecule has 2 aromatic heterocycles. The van der Waals surface area contributed by atoms with Crippen molar-refractivity contribution in [1.82, 2.24) is 9.72 Å². The van der Waals surface area contributed by atoms with Gasteiger partial charge in [-0.2, -0.15) is 0 Å². The van der Waals surface area contributed by atoms with E-state index in [1.165, 1.54) is 0 Å². The van der Waals surface area contributed by atoms with Crippen molar-refractivity contribution in [1.29, 1.82) is 0 Å². The summed E-state index contributed by atoms with van der Waals surface area (Å²) in [7, 11) is 6.35. The maximum atomic E-state index is 12.5. The molecule has 2 N–H and O–H groups in total. The van der Waals surface area contributed by atoms with E-state index in [1.54, 1.807) is 35.4 Å². The third-order valence-electron chi connectivity index (χ3n) is 6.89. The average Bonchev–Trinajstić information content (AvgIpc) is 3.54. The number of nitrogens with zero attached hydrogens (tertiary/aromatic N) is 2. The number of hydrogen-bond donors (Lipinski definition) is 1. The highest BCUT2D eigenvalue weighted by Crippen LogP contribution is 2.46. The molecule has 0 aliphatic heterocycles. The Labute approximate surface area is 226 Å². The summed E-state index contributed by atoms with van der Waals surface area (Å²) in [5, 5.41) is 4.07. The van der Waals surface area contributed by atoms with Gasteiger partial charge in [0.25, 0.3) is 0 Å². The van der Waals surface area contributed by atoms with Crippen LogP contribution in [0.4, 0.5) is 5.69 Å². The Morgan fingerprint density at radius 2 is 1.67 bits per heavy atom. The first-order valence-corrected chi connectivity index (χ1v) is 12.5. The van der Waals surface area contributed by atoms with Gasteiger partial charge in [0.05, 0.1) is 46.4 Å². The van der Waals surface area contributed by atoms with Crippen LogP contribution in [-0.2, 0) is 24.1 Å². The van der Waals surface area contributed by atoms with E-state index in [-0.39, 0.29) is 12.3 Å². The summed E-state index contributed by atoms with van der Waals surface area (Å²) in [6, 6.07) is 9.58. The minimum Gasteiger partial charge on any atom is -0.495 e. The highest BCUT2D eigenvalue weighted by molar-refractivity contribution is 5.92. The van der Waals surface area contributed by atoms with Crippen LogP contribution in [0.3, 0.4) is 0 Å². The molecule has 0 spiro atoms. The summed E-state index contributed by atoms with van der Waals surface area (Å²) in [4.78, 5) is 12.5. The molecular weight excluding hydrogens is 502 g/mol. The number of aromatic nitrogens is 2. The first-order chi connectivity index (χ1) is 18.9. The van der Waals surface area contributed by atoms with Gasteiger partial charge in [0.1, 0.15) is 5.75 Å². The Morgan fingerprint density at radius 3 is 2.28 bits per heavy atom. The van der Waals surface area contributed by atoms with Crippen LogP contribution in [-0.4, -0.2) is 50.7 Å². The third-order valence-corrected chi connectivity index (χ3v) is 6.89. The zero-order chi connectivity index (χ0) is 27.7. The Hall–Kier alpha value is -4.60. The summed E-state index contributed by atoms with van der Waals surface area (Å²) in [5.41, 5.74) is 12.5. The molecule has 2 heterocycles. The number of fused-ring (bicyclic) bond motifs is 3. The Bertz CT molecular complexity index is 1510. The van der Waals surface area contributed by atoms with E-state index >= 15 is 0 Å². The standard InChI is InChI=1S/C29H31N3O7/c1-6-38-29(33)25-19-9-8-18-20(27(19)39-31-25)15-32(14-16-7-10-22(34-2)21(30)11-16)26(18)17-12-23(35-3)28(37-5)24(13-17)36-4/h7,10-13,15H,6,8-9,14,30H2,1-5H3. The molecule has 10 nitrogen and oxygen atoms in total. The van der Waals surface area contributed by atoms with Gasteiger partial charge in [0, 0.05) is 29.4 Å². The van der Waals surface area contributed by atoms with Crippen molar-refractivity contribution < 1.29 is 33.0 Å². The monoisotopic (exact) mass is 533 g/mol. The fourth-order valence-electron chi connectivity index (χ4n) is 5.17. The van der Waals surface area contributed by atoms with E-state index in [2.05, 4.69) is 9.72 Å². The molecule has 0 saturated heterocycles. The number of hydrogen-bond acceptors (Lipinski definition) is 9. The highest BCUT2D eigenvalue weighted by Gasteiger charge is 2.32. The largest absolute Gasteiger partial charge is 0.495 e. The normalized spacial score (nSPS) is 11.9. The SMILES string of the molecule is CCOC(=O)c1noc2c1CCc1c-2cn(Cc2ccc(OC)c(N)c2)c1-c1cc(OC)c(OC)c(OC)c1. The number of methoxy groups -OCH3 is 4. The van der Waals surface area contributed by atoms with Gasteiger partial charge >= 0.3 is 5.97 Å². The molecule has 0 atom stereocenters. The zero-order valence-corrected chi connectivity index (χ0v) is 22.6. The maximum Gasteiger partial charge on any atom is 0.360 e. The number of rotatable bonds is 9. The van der Waals surface area contributed by atoms with Crippen LogP contribution in [0.1, 0.15) is 34.1 Å². The lowest BCUT2D eigenvalue weighted by molar-refractivity contribution is 0.0513. The van der Waals surface area contributed by atoms with Crippen LogP contribution in [0.25, 0.3) is 22.6 Å². The molecule has 0 amide bonds. The molecule has 0 radical (unpaired) electrons. The predicted octanol–water partition coefficient (Wildman–Crippen LogP) is 4.75. The lowest BCUT2D eigenvalue weighted by Gasteiger charge is -2.18. The molecule has 0 bridgehead atoms. The third kappa shape index (κ3) is 4.52. The van der Waals surface area contributed by atoms with Crippen LogP contribution in [0.5, 0.6) is 23.0 Å². The van der Waals surface area contributed by atoms with E-state index < -0.39 is 5.97 Å². The minimum atomic E-state index is -0.482. The van der Waals surface area contributed by atoms with Gasteiger partial charge in [-0.05, 0) is 55.2 Å². The first kappa shape index (κ1) is 26.0. The number of ether oxygens (including phenoxy) is 5. The Kier molecular flexibility index (Phi) is 7.10. The molecule has 0 fully saturated rings. The van der Waals surface area contributed by atoms with Gasteiger partial charge in [0.15, 0.2) is 23.0 Å². The van der Waals surface area contributed by atoms with Crippen molar-refractivity contribution >= 4 is 11.7 Å². The van der Waals surface area contributed by atoms with Crippen molar-refractivity contribution in [3.8, 4) is 45.6 Å². The van der Waals surface area contributed by atoms with E-state index in [9.17, 15) is 4.79 Å². The zero-order valence-electron chi connectivity index (χ0n) is 22.6. The van der Waals surface area contributed by atoms with Gasteiger partial charge in [-0.1, -0.05) is 11.2 Å². The molecule has 4 aromatic rings. The van der Waals surface area contributed by atoms with Crippen molar-refractivity contribution in [2.24, 2.45) is 0 Å². The van der Waals surface area contributed by atoms with E-state index in [4.69, 9.17) is 33.9 Å².